The van der Waals surface area contributed by atoms with Gasteiger partial charge in [0, 0.05) is 24.0 Å². The summed E-state index contributed by atoms with van der Waals surface area (Å²) < 4.78 is 28.2. The predicted molar refractivity (Wildman–Crippen MR) is 96.0 cm³/mol. The molecule has 0 saturated carbocycles. The summed E-state index contributed by atoms with van der Waals surface area (Å²) in [4.78, 5) is 4.23. The second kappa shape index (κ2) is 6.64. The second-order valence-corrected chi connectivity index (χ2v) is 8.62. The van der Waals surface area contributed by atoms with Gasteiger partial charge in [-0.25, -0.2) is 8.42 Å². The molecule has 1 aliphatic heterocycles. The van der Waals surface area contributed by atoms with Crippen LogP contribution in [0.1, 0.15) is 35.6 Å². The lowest BCUT2D eigenvalue weighted by Gasteiger charge is -2.26. The average Bonchev–Trinajstić information content (AvgIpc) is 3.04. The molecule has 7 heteroatoms. The number of benzene rings is 1. The number of sulfonamides is 1. The van der Waals surface area contributed by atoms with E-state index in [9.17, 15) is 8.42 Å². The third kappa shape index (κ3) is 2.94. The van der Waals surface area contributed by atoms with Gasteiger partial charge in [0.05, 0.1) is 11.1 Å². The number of hydrogen-bond acceptors (Lipinski definition) is 3. The minimum Gasteiger partial charge on any atom is -0.264 e. The molecule has 24 heavy (non-hydrogen) atoms. The number of rotatable bonds is 3. The van der Waals surface area contributed by atoms with E-state index in [1.807, 2.05) is 12.1 Å². The normalized spacial score (nSPS) is 18.9. The van der Waals surface area contributed by atoms with Crippen molar-refractivity contribution < 1.29 is 8.42 Å². The first-order valence-electron chi connectivity index (χ1n) is 7.71. The van der Waals surface area contributed by atoms with E-state index in [0.29, 0.717) is 22.7 Å². The molecule has 0 spiro atoms. The SMILES string of the molecule is Cc1cc(Cl)c(C)c(S(=O)(=O)N2CCCC2c2cccnc2)c1Cl. The Bertz CT molecular complexity index is 844. The van der Waals surface area contributed by atoms with Gasteiger partial charge in [0.2, 0.25) is 10.0 Å². The molecule has 1 fully saturated rings. The number of hydrogen-bond donors (Lipinski definition) is 0. The van der Waals surface area contributed by atoms with Crippen molar-refractivity contribution in [2.45, 2.75) is 37.6 Å². The van der Waals surface area contributed by atoms with E-state index in [1.54, 1.807) is 32.3 Å². The number of pyridine rings is 1. The lowest BCUT2D eigenvalue weighted by molar-refractivity contribution is 0.396. The van der Waals surface area contributed by atoms with Crippen LogP contribution < -0.4 is 0 Å². The topological polar surface area (TPSA) is 50.3 Å². The van der Waals surface area contributed by atoms with Crippen LogP contribution in [-0.2, 0) is 10.0 Å². The summed E-state index contributed by atoms with van der Waals surface area (Å²) in [6.07, 6.45) is 4.96. The fourth-order valence-electron chi connectivity index (χ4n) is 3.17. The molecule has 1 atom stereocenters. The van der Waals surface area contributed by atoms with E-state index in [1.165, 1.54) is 4.31 Å². The zero-order valence-electron chi connectivity index (χ0n) is 13.5. The largest absolute Gasteiger partial charge is 0.264 e. The summed E-state index contributed by atoms with van der Waals surface area (Å²) in [5, 5.41) is 0.654. The van der Waals surface area contributed by atoms with E-state index >= 15 is 0 Å². The smallest absolute Gasteiger partial charge is 0.245 e. The first kappa shape index (κ1) is 17.7. The van der Waals surface area contributed by atoms with E-state index in [0.717, 1.165) is 18.4 Å². The van der Waals surface area contributed by atoms with Gasteiger partial charge in [-0.2, -0.15) is 4.31 Å². The summed E-state index contributed by atoms with van der Waals surface area (Å²) in [5.74, 6) is 0. The molecule has 1 saturated heterocycles. The van der Waals surface area contributed by atoms with Crippen molar-refractivity contribution >= 4 is 33.2 Å². The molecular formula is C17H18Cl2N2O2S. The van der Waals surface area contributed by atoms with Crippen molar-refractivity contribution in [2.24, 2.45) is 0 Å². The fourth-order valence-corrected chi connectivity index (χ4v) is 6.03. The molecule has 1 aromatic heterocycles. The number of aromatic nitrogens is 1. The van der Waals surface area contributed by atoms with Crippen molar-refractivity contribution in [1.29, 1.82) is 0 Å². The van der Waals surface area contributed by atoms with Gasteiger partial charge in [-0.15, -0.1) is 0 Å². The van der Waals surface area contributed by atoms with Crippen molar-refractivity contribution in [2.75, 3.05) is 6.54 Å². The van der Waals surface area contributed by atoms with Crippen LogP contribution in [-0.4, -0.2) is 24.3 Å². The van der Waals surface area contributed by atoms with Gasteiger partial charge in [-0.05, 0) is 55.5 Å². The molecule has 4 nitrogen and oxygen atoms in total. The highest BCUT2D eigenvalue weighted by molar-refractivity contribution is 7.89. The Hall–Kier alpha value is -1.14. The zero-order chi connectivity index (χ0) is 17.5. The van der Waals surface area contributed by atoms with Gasteiger partial charge in [-0.3, -0.25) is 4.98 Å². The quantitative estimate of drug-likeness (QED) is 0.780. The van der Waals surface area contributed by atoms with Gasteiger partial charge in [-0.1, -0.05) is 29.3 Å². The van der Waals surface area contributed by atoms with Crippen LogP contribution in [0, 0.1) is 13.8 Å². The maximum Gasteiger partial charge on any atom is 0.245 e. The van der Waals surface area contributed by atoms with Crippen LogP contribution in [0.2, 0.25) is 10.0 Å². The maximum atomic E-state index is 13.3. The molecule has 3 rings (SSSR count). The third-order valence-corrected chi connectivity index (χ3v) is 7.50. The molecule has 1 aliphatic rings. The highest BCUT2D eigenvalue weighted by Crippen LogP contribution is 2.41. The Morgan fingerprint density at radius 2 is 2.04 bits per heavy atom. The molecule has 1 aromatic carbocycles. The van der Waals surface area contributed by atoms with Crippen LogP contribution in [0.5, 0.6) is 0 Å². The Kier molecular flexibility index (Phi) is 4.89. The first-order chi connectivity index (χ1) is 11.3. The lowest BCUT2D eigenvalue weighted by Crippen LogP contribution is -2.31. The van der Waals surface area contributed by atoms with Crippen molar-refractivity contribution in [3.8, 4) is 0 Å². The average molecular weight is 385 g/mol. The van der Waals surface area contributed by atoms with E-state index in [-0.39, 0.29) is 16.0 Å². The summed E-state index contributed by atoms with van der Waals surface area (Å²) in [7, 11) is -3.75. The standard InChI is InChI=1S/C17H18Cl2N2O2S/c1-11-9-14(18)12(2)17(16(11)19)24(22,23)21-8-4-6-15(21)13-5-3-7-20-10-13/h3,5,7,9-10,15H,4,6,8H2,1-2H3. The molecule has 2 aromatic rings. The molecule has 128 valence electrons. The highest BCUT2D eigenvalue weighted by Gasteiger charge is 2.38. The molecule has 0 amide bonds. The first-order valence-corrected chi connectivity index (χ1v) is 9.90. The molecule has 0 aliphatic carbocycles. The van der Waals surface area contributed by atoms with Crippen LogP contribution in [0.25, 0.3) is 0 Å². The molecule has 2 heterocycles. The summed E-state index contributed by atoms with van der Waals surface area (Å²) in [6.45, 7) is 3.91. The van der Waals surface area contributed by atoms with E-state index in [2.05, 4.69) is 4.98 Å². The van der Waals surface area contributed by atoms with Gasteiger partial charge in [0.25, 0.3) is 0 Å². The molecule has 0 N–H and O–H groups in total. The van der Waals surface area contributed by atoms with Crippen LogP contribution in [0.4, 0.5) is 0 Å². The highest BCUT2D eigenvalue weighted by atomic mass is 35.5. The van der Waals surface area contributed by atoms with Gasteiger partial charge in [0.1, 0.15) is 4.90 Å². The summed E-state index contributed by atoms with van der Waals surface area (Å²) in [6, 6.07) is 5.20. The fraction of sp³-hybridized carbons (Fsp3) is 0.353. The monoisotopic (exact) mass is 384 g/mol. The van der Waals surface area contributed by atoms with Crippen LogP contribution >= 0.6 is 23.2 Å². The summed E-state index contributed by atoms with van der Waals surface area (Å²) >= 11 is 12.6. The molecule has 0 radical (unpaired) electrons. The van der Waals surface area contributed by atoms with Crippen LogP contribution in [0.3, 0.4) is 0 Å². The zero-order valence-corrected chi connectivity index (χ0v) is 15.8. The van der Waals surface area contributed by atoms with Gasteiger partial charge >= 0.3 is 0 Å². The van der Waals surface area contributed by atoms with Crippen molar-refractivity contribution in [3.63, 3.8) is 0 Å². The minimum absolute atomic E-state index is 0.116. The second-order valence-electron chi connectivity index (χ2n) is 6.00. The third-order valence-electron chi connectivity index (χ3n) is 4.43. The van der Waals surface area contributed by atoms with Crippen molar-refractivity contribution in [3.05, 3.63) is 57.3 Å². The Balaban J connectivity index is 2.12. The van der Waals surface area contributed by atoms with Gasteiger partial charge in [0.15, 0.2) is 0 Å². The van der Waals surface area contributed by atoms with Crippen molar-refractivity contribution in [1.82, 2.24) is 9.29 Å². The van der Waals surface area contributed by atoms with Crippen LogP contribution in [0.15, 0.2) is 35.5 Å². The summed E-state index contributed by atoms with van der Waals surface area (Å²) in [5.41, 5.74) is 2.04. The predicted octanol–water partition coefficient (Wildman–Crippen LogP) is 4.53. The lowest BCUT2D eigenvalue weighted by atomic mass is 10.1. The minimum atomic E-state index is -3.75. The number of nitrogens with zero attached hydrogens (tertiary/aromatic N) is 2. The van der Waals surface area contributed by atoms with Gasteiger partial charge < -0.3 is 0 Å². The Labute approximate surface area is 152 Å². The Morgan fingerprint density at radius 1 is 1.29 bits per heavy atom. The van der Waals surface area contributed by atoms with E-state index in [4.69, 9.17) is 23.2 Å². The number of aryl methyl sites for hydroxylation is 1. The maximum absolute atomic E-state index is 13.3. The Morgan fingerprint density at radius 3 is 2.71 bits per heavy atom. The molecular weight excluding hydrogens is 367 g/mol. The molecule has 0 bridgehead atoms. The molecule has 1 unspecified atom stereocenters. The number of halogens is 2. The van der Waals surface area contributed by atoms with E-state index < -0.39 is 10.0 Å².